The summed E-state index contributed by atoms with van der Waals surface area (Å²) >= 11 is 0. The van der Waals surface area contributed by atoms with E-state index < -0.39 is 35.6 Å². The first-order valence-corrected chi connectivity index (χ1v) is 12.1. The van der Waals surface area contributed by atoms with E-state index in [0.717, 1.165) is 16.7 Å². The Labute approximate surface area is 201 Å². The Morgan fingerprint density at radius 1 is 1.06 bits per heavy atom. The van der Waals surface area contributed by atoms with Crippen LogP contribution in [-0.2, 0) is 20.7 Å². The normalized spacial score (nSPS) is 38.4. The number of hydrogen-bond donors (Lipinski definition) is 3. The van der Waals surface area contributed by atoms with Gasteiger partial charge in [-0.05, 0) is 43.7 Å². The van der Waals surface area contributed by atoms with Gasteiger partial charge in [-0.2, -0.15) is 0 Å². The first kappa shape index (κ1) is 24.4. The number of carbonyl (C=O) groups excluding carboxylic acids is 2. The molecule has 1 aliphatic carbocycles. The van der Waals surface area contributed by atoms with Gasteiger partial charge in [0.2, 0.25) is 5.60 Å². The van der Waals surface area contributed by atoms with E-state index in [1.54, 1.807) is 6.08 Å². The average Bonchev–Trinajstić information content (AvgIpc) is 3.08. The number of amides is 1. The topological polar surface area (TPSA) is 95.9 Å². The quantitative estimate of drug-likeness (QED) is 0.461. The van der Waals surface area contributed by atoms with Gasteiger partial charge in [0.05, 0.1) is 24.0 Å². The second-order valence-electron chi connectivity index (χ2n) is 10.1. The molecule has 0 bridgehead atoms. The summed E-state index contributed by atoms with van der Waals surface area (Å²) in [5.41, 5.74) is 1.19. The lowest BCUT2D eigenvalue weighted by Gasteiger charge is -2.46. The largest absolute Gasteiger partial charge is 0.444 e. The summed E-state index contributed by atoms with van der Waals surface area (Å²) in [6, 6.07) is 9.62. The second kappa shape index (κ2) is 9.51. The lowest BCUT2D eigenvalue weighted by molar-refractivity contribution is -0.175. The van der Waals surface area contributed by atoms with Crippen molar-refractivity contribution in [3.63, 3.8) is 0 Å². The molecule has 4 rings (SSSR count). The number of hydrogen-bond acceptors (Lipinski definition) is 5. The molecule has 1 fully saturated rings. The third kappa shape index (κ3) is 4.14. The van der Waals surface area contributed by atoms with Crippen LogP contribution in [0.5, 0.6) is 0 Å². The van der Waals surface area contributed by atoms with E-state index in [4.69, 9.17) is 4.74 Å². The van der Waals surface area contributed by atoms with E-state index in [1.165, 1.54) is 6.08 Å². The van der Waals surface area contributed by atoms with Crippen LogP contribution in [0.4, 0.5) is 0 Å². The van der Waals surface area contributed by atoms with Crippen molar-refractivity contribution in [3.8, 4) is 0 Å². The Kier molecular flexibility index (Phi) is 6.83. The number of esters is 1. The van der Waals surface area contributed by atoms with E-state index in [0.29, 0.717) is 12.8 Å². The summed E-state index contributed by atoms with van der Waals surface area (Å²) in [5, 5.41) is 25.0. The molecule has 2 aliphatic heterocycles. The summed E-state index contributed by atoms with van der Waals surface area (Å²) in [5.74, 6) is -2.48. The van der Waals surface area contributed by atoms with Crippen LogP contribution in [0.15, 0.2) is 65.8 Å². The molecule has 0 unspecified atom stereocenters. The molecule has 3 N–H and O–H groups in total. The van der Waals surface area contributed by atoms with Gasteiger partial charge >= 0.3 is 5.97 Å². The fraction of sp³-hybridized carbons (Fsp3) is 0.500. The van der Waals surface area contributed by atoms with E-state index in [1.807, 2.05) is 70.2 Å². The van der Waals surface area contributed by atoms with Crippen LogP contribution in [0.25, 0.3) is 0 Å². The molecule has 34 heavy (non-hydrogen) atoms. The zero-order chi connectivity index (χ0) is 24.6. The second-order valence-corrected chi connectivity index (χ2v) is 10.1. The number of rotatable bonds is 2. The zero-order valence-electron chi connectivity index (χ0n) is 20.3. The Bertz CT molecular complexity index is 1030. The molecular weight excluding hydrogens is 430 g/mol. The number of allylic oxidation sites excluding steroid dienone is 1. The van der Waals surface area contributed by atoms with Crippen molar-refractivity contribution in [1.29, 1.82) is 0 Å². The Morgan fingerprint density at radius 2 is 1.76 bits per heavy atom. The summed E-state index contributed by atoms with van der Waals surface area (Å²) in [7, 11) is 0. The van der Waals surface area contributed by atoms with Gasteiger partial charge in [-0.15, -0.1) is 0 Å². The molecule has 6 heteroatoms. The number of ether oxygens (including phenoxy) is 1. The van der Waals surface area contributed by atoms with Crippen LogP contribution in [0.3, 0.4) is 0 Å². The van der Waals surface area contributed by atoms with Crippen LogP contribution in [0.1, 0.15) is 39.7 Å². The molecule has 2 heterocycles. The van der Waals surface area contributed by atoms with Crippen molar-refractivity contribution >= 4 is 11.9 Å². The van der Waals surface area contributed by atoms with Gasteiger partial charge < -0.3 is 20.3 Å². The molecule has 1 aromatic rings. The Balaban J connectivity index is 1.82. The fourth-order valence-electron chi connectivity index (χ4n) is 5.87. The van der Waals surface area contributed by atoms with Gasteiger partial charge in [0.1, 0.15) is 0 Å². The van der Waals surface area contributed by atoms with Crippen molar-refractivity contribution in [3.05, 3.63) is 71.3 Å². The lowest BCUT2D eigenvalue weighted by atomic mass is 9.63. The van der Waals surface area contributed by atoms with Gasteiger partial charge in [0, 0.05) is 18.0 Å². The molecule has 3 aliphatic rings. The number of aliphatic hydroxyl groups excluding tert-OH is 2. The number of nitrogens with one attached hydrogen (secondary N) is 1. The first-order valence-electron chi connectivity index (χ1n) is 12.1. The van der Waals surface area contributed by atoms with Crippen LogP contribution >= 0.6 is 0 Å². The Morgan fingerprint density at radius 3 is 2.47 bits per heavy atom. The first-order chi connectivity index (χ1) is 16.2. The summed E-state index contributed by atoms with van der Waals surface area (Å²) in [6.07, 6.45) is 6.23. The minimum atomic E-state index is -1.55. The molecular formula is C28H35NO5. The minimum absolute atomic E-state index is 0.0552. The number of carbonyl (C=O) groups is 2. The molecule has 0 saturated carbocycles. The zero-order valence-corrected chi connectivity index (χ0v) is 20.3. The van der Waals surface area contributed by atoms with Crippen molar-refractivity contribution in [2.45, 2.75) is 64.4 Å². The van der Waals surface area contributed by atoms with Gasteiger partial charge in [0.15, 0.2) is 0 Å². The molecule has 182 valence electrons. The Hall–Kier alpha value is -2.70. The van der Waals surface area contributed by atoms with E-state index in [2.05, 4.69) is 5.32 Å². The molecule has 6 nitrogen and oxygen atoms in total. The molecule has 1 spiro atoms. The molecule has 8 atom stereocenters. The number of aliphatic hydroxyl groups is 2. The van der Waals surface area contributed by atoms with Crippen LogP contribution in [0.2, 0.25) is 0 Å². The van der Waals surface area contributed by atoms with Crippen molar-refractivity contribution in [2.75, 3.05) is 0 Å². The van der Waals surface area contributed by atoms with Gasteiger partial charge in [0.25, 0.3) is 5.91 Å². The highest BCUT2D eigenvalue weighted by molar-refractivity contribution is 5.94. The molecule has 1 saturated heterocycles. The number of benzene rings is 1. The van der Waals surface area contributed by atoms with Gasteiger partial charge in [-0.25, -0.2) is 4.79 Å². The minimum Gasteiger partial charge on any atom is -0.444 e. The van der Waals surface area contributed by atoms with Crippen LogP contribution < -0.4 is 5.32 Å². The maximum absolute atomic E-state index is 13.7. The highest BCUT2D eigenvalue weighted by Crippen LogP contribution is 2.50. The van der Waals surface area contributed by atoms with Crippen molar-refractivity contribution < 1.29 is 24.5 Å². The van der Waals surface area contributed by atoms with Gasteiger partial charge in [-0.3, -0.25) is 4.79 Å². The highest BCUT2D eigenvalue weighted by Gasteiger charge is 2.66. The fourth-order valence-corrected chi connectivity index (χ4v) is 5.87. The SMILES string of the molecule is CC1=C(C)[C@H]2[C@H](Cc3ccccc3)NC(=O)[C@]23OC(=O)C=C[C@H](C)[C@H](O)[C@@H](C)CC=C[C@H]3[C@@H]1O. The predicted octanol–water partition coefficient (Wildman–Crippen LogP) is 3.10. The van der Waals surface area contributed by atoms with Gasteiger partial charge in [-0.1, -0.05) is 68.0 Å². The van der Waals surface area contributed by atoms with Crippen LogP contribution in [0, 0.1) is 23.7 Å². The third-order valence-corrected chi connectivity index (χ3v) is 7.98. The maximum atomic E-state index is 13.7. The summed E-state index contributed by atoms with van der Waals surface area (Å²) < 4.78 is 6.05. The summed E-state index contributed by atoms with van der Waals surface area (Å²) in [6.45, 7) is 7.60. The predicted molar refractivity (Wildman–Crippen MR) is 129 cm³/mol. The van der Waals surface area contributed by atoms with Crippen molar-refractivity contribution in [1.82, 2.24) is 5.32 Å². The van der Waals surface area contributed by atoms with E-state index in [-0.39, 0.29) is 23.8 Å². The molecule has 0 radical (unpaired) electrons. The lowest BCUT2D eigenvalue weighted by Crippen LogP contribution is -2.59. The monoisotopic (exact) mass is 465 g/mol. The average molecular weight is 466 g/mol. The van der Waals surface area contributed by atoms with E-state index >= 15 is 0 Å². The third-order valence-electron chi connectivity index (χ3n) is 7.98. The summed E-state index contributed by atoms with van der Waals surface area (Å²) in [4.78, 5) is 26.7. The van der Waals surface area contributed by atoms with Crippen LogP contribution in [-0.4, -0.2) is 45.9 Å². The highest BCUT2D eigenvalue weighted by atomic mass is 16.6. The van der Waals surface area contributed by atoms with E-state index in [9.17, 15) is 19.8 Å². The maximum Gasteiger partial charge on any atom is 0.331 e. The molecule has 0 aromatic heterocycles. The molecule has 1 amide bonds. The standard InChI is InChI=1S/C28H35NO5/c1-16-9-8-12-21-26(32)19(4)18(3)24-22(15-20-10-6-5-7-11-20)29-27(33)28(21,24)34-23(30)14-13-17(2)25(16)31/h5-8,10-14,16-17,21-22,24-26,31-32H,9,15H2,1-4H3,(H,29,33)/t16-,17-,21-,22-,24-,25+,26+,28+/m0/s1. The molecule has 1 aromatic carbocycles. The van der Waals surface area contributed by atoms with Crippen molar-refractivity contribution in [2.24, 2.45) is 23.7 Å². The smallest absolute Gasteiger partial charge is 0.331 e.